The van der Waals surface area contributed by atoms with E-state index in [0.29, 0.717) is 22.0 Å². The van der Waals surface area contributed by atoms with E-state index >= 15 is 0 Å². The first-order valence-electron chi connectivity index (χ1n) is 7.81. The normalized spacial score (nSPS) is 15.6. The van der Waals surface area contributed by atoms with E-state index in [4.69, 9.17) is 34.8 Å². The summed E-state index contributed by atoms with van der Waals surface area (Å²) < 4.78 is 0. The molecule has 26 heavy (non-hydrogen) atoms. The fourth-order valence-electron chi connectivity index (χ4n) is 2.61. The van der Waals surface area contributed by atoms with Crippen molar-refractivity contribution >= 4 is 63.9 Å². The van der Waals surface area contributed by atoms with Gasteiger partial charge in [-0.1, -0.05) is 46.9 Å². The predicted molar refractivity (Wildman–Crippen MR) is 111 cm³/mol. The summed E-state index contributed by atoms with van der Waals surface area (Å²) >= 11 is 18.4. The smallest absolute Gasteiger partial charge is 0.280 e. The molecule has 0 atom stereocenters. The van der Waals surface area contributed by atoms with Crippen LogP contribution in [0.5, 0.6) is 0 Å². The molecule has 0 N–H and O–H groups in total. The van der Waals surface area contributed by atoms with Crippen molar-refractivity contribution in [1.82, 2.24) is 0 Å². The number of carbonyl (C=O) groups is 1. The molecule has 0 saturated carbocycles. The van der Waals surface area contributed by atoms with E-state index in [2.05, 4.69) is 5.10 Å². The van der Waals surface area contributed by atoms with Gasteiger partial charge in [0.1, 0.15) is 5.69 Å². The highest BCUT2D eigenvalue weighted by atomic mass is 35.5. The van der Waals surface area contributed by atoms with Crippen molar-refractivity contribution in [2.24, 2.45) is 5.10 Å². The summed E-state index contributed by atoms with van der Waals surface area (Å²) in [7, 11) is 3.95. The Labute approximate surface area is 167 Å². The lowest BCUT2D eigenvalue weighted by atomic mass is 10.1. The molecule has 2 aromatic carbocycles. The number of benzene rings is 2. The highest BCUT2D eigenvalue weighted by Crippen LogP contribution is 2.39. The van der Waals surface area contributed by atoms with Crippen LogP contribution in [0.1, 0.15) is 12.5 Å². The molecule has 0 saturated heterocycles. The van der Waals surface area contributed by atoms with E-state index < -0.39 is 0 Å². The number of anilines is 2. The van der Waals surface area contributed by atoms with Gasteiger partial charge in [0.25, 0.3) is 5.91 Å². The topological polar surface area (TPSA) is 35.9 Å². The molecule has 3 rings (SSSR count). The first-order valence-corrected chi connectivity index (χ1v) is 8.95. The van der Waals surface area contributed by atoms with Crippen LogP contribution in [0.25, 0.3) is 6.08 Å². The minimum atomic E-state index is -0.287. The Bertz CT molecular complexity index is 911. The summed E-state index contributed by atoms with van der Waals surface area (Å²) in [4.78, 5) is 14.9. The van der Waals surface area contributed by atoms with Crippen molar-refractivity contribution in [2.75, 3.05) is 24.0 Å². The lowest BCUT2D eigenvalue weighted by molar-refractivity contribution is -0.114. The highest BCUT2D eigenvalue weighted by molar-refractivity contribution is 6.44. The van der Waals surface area contributed by atoms with E-state index in [1.807, 2.05) is 43.3 Å². The van der Waals surface area contributed by atoms with Crippen molar-refractivity contribution in [3.63, 3.8) is 0 Å². The Kier molecular flexibility index (Phi) is 5.28. The Morgan fingerprint density at radius 2 is 1.62 bits per heavy atom. The average molecular weight is 409 g/mol. The van der Waals surface area contributed by atoms with Crippen LogP contribution in [-0.2, 0) is 4.79 Å². The maximum Gasteiger partial charge on any atom is 0.280 e. The Morgan fingerprint density at radius 1 is 1.04 bits per heavy atom. The van der Waals surface area contributed by atoms with Gasteiger partial charge in [-0.25, -0.2) is 0 Å². The summed E-state index contributed by atoms with van der Waals surface area (Å²) in [5.41, 5.74) is 3.40. The molecule has 0 bridgehead atoms. The lowest BCUT2D eigenvalue weighted by Crippen LogP contribution is -2.22. The predicted octanol–water partition coefficient (Wildman–Crippen LogP) is 5.52. The maximum absolute atomic E-state index is 12.9. The third-order valence-corrected chi connectivity index (χ3v) is 4.77. The van der Waals surface area contributed by atoms with E-state index in [9.17, 15) is 4.79 Å². The molecule has 0 spiro atoms. The van der Waals surface area contributed by atoms with Crippen LogP contribution in [0.15, 0.2) is 47.1 Å². The molecule has 7 heteroatoms. The second-order valence-corrected chi connectivity index (χ2v) is 7.32. The van der Waals surface area contributed by atoms with Gasteiger partial charge in [0.2, 0.25) is 0 Å². The summed E-state index contributed by atoms with van der Waals surface area (Å²) in [6.07, 6.45) is 1.80. The second kappa shape index (κ2) is 7.31. The summed E-state index contributed by atoms with van der Waals surface area (Å²) in [6, 6.07) is 10.9. The standard InChI is InChI=1S/C19H16Cl3N3O/c1-11-15(8-12-4-6-14(7-5-12)24(2)3)19(26)25(23-11)18-16(21)9-13(20)10-17(18)22/h4-10H,1-3H3/b15-8-. The highest BCUT2D eigenvalue weighted by Gasteiger charge is 2.31. The molecule has 1 heterocycles. The van der Waals surface area contributed by atoms with Crippen molar-refractivity contribution < 1.29 is 4.79 Å². The zero-order chi connectivity index (χ0) is 19.0. The number of carbonyl (C=O) groups excluding carboxylic acids is 1. The van der Waals surface area contributed by atoms with Crippen LogP contribution < -0.4 is 9.91 Å². The molecular weight excluding hydrogens is 393 g/mol. The maximum atomic E-state index is 12.9. The number of hydrazone groups is 1. The third-order valence-electron chi connectivity index (χ3n) is 3.98. The molecule has 0 aliphatic carbocycles. The monoisotopic (exact) mass is 407 g/mol. The molecule has 0 fully saturated rings. The molecule has 0 radical (unpaired) electrons. The summed E-state index contributed by atoms with van der Waals surface area (Å²) in [5.74, 6) is -0.287. The zero-order valence-corrected chi connectivity index (χ0v) is 16.7. The van der Waals surface area contributed by atoms with Gasteiger partial charge >= 0.3 is 0 Å². The average Bonchev–Trinajstić information content (AvgIpc) is 2.82. The van der Waals surface area contributed by atoms with Crippen LogP contribution in [0.3, 0.4) is 0 Å². The Balaban J connectivity index is 1.96. The SMILES string of the molecule is CC1=NN(c2c(Cl)cc(Cl)cc2Cl)C(=O)/C1=C\c1ccc(N(C)C)cc1. The van der Waals surface area contributed by atoms with E-state index in [1.165, 1.54) is 17.1 Å². The fraction of sp³-hybridized carbons (Fsp3) is 0.158. The molecule has 1 amide bonds. The van der Waals surface area contributed by atoms with Crippen LogP contribution >= 0.6 is 34.8 Å². The van der Waals surface area contributed by atoms with Gasteiger partial charge in [0.05, 0.1) is 21.3 Å². The molecule has 0 unspecified atom stereocenters. The Morgan fingerprint density at radius 3 is 2.15 bits per heavy atom. The van der Waals surface area contributed by atoms with Crippen molar-refractivity contribution in [3.8, 4) is 0 Å². The number of rotatable bonds is 3. The molecule has 1 aliphatic heterocycles. The minimum absolute atomic E-state index is 0.268. The second-order valence-electron chi connectivity index (χ2n) is 6.06. The third kappa shape index (κ3) is 3.58. The van der Waals surface area contributed by atoms with Gasteiger partial charge in [0.15, 0.2) is 0 Å². The molecule has 134 valence electrons. The van der Waals surface area contributed by atoms with E-state index in [0.717, 1.165) is 11.3 Å². The van der Waals surface area contributed by atoms with Gasteiger partial charge < -0.3 is 4.90 Å². The van der Waals surface area contributed by atoms with Crippen LogP contribution in [0, 0.1) is 0 Å². The Hall–Kier alpha value is -2.01. The molecule has 4 nitrogen and oxygen atoms in total. The summed E-state index contributed by atoms with van der Waals surface area (Å²) in [6.45, 7) is 1.77. The van der Waals surface area contributed by atoms with Crippen molar-refractivity contribution in [2.45, 2.75) is 6.92 Å². The number of hydrogen-bond acceptors (Lipinski definition) is 3. The minimum Gasteiger partial charge on any atom is -0.378 e. The van der Waals surface area contributed by atoms with Gasteiger partial charge in [-0.3, -0.25) is 4.79 Å². The van der Waals surface area contributed by atoms with Gasteiger partial charge in [-0.2, -0.15) is 10.1 Å². The first-order chi connectivity index (χ1) is 12.3. The fourth-order valence-corrected chi connectivity index (χ4v) is 3.59. The lowest BCUT2D eigenvalue weighted by Gasteiger charge is -2.15. The number of nitrogens with zero attached hydrogens (tertiary/aromatic N) is 3. The molecule has 0 aromatic heterocycles. The van der Waals surface area contributed by atoms with E-state index in [-0.39, 0.29) is 16.0 Å². The largest absolute Gasteiger partial charge is 0.378 e. The number of halogens is 3. The quantitative estimate of drug-likeness (QED) is 0.627. The van der Waals surface area contributed by atoms with Gasteiger partial charge in [-0.05, 0) is 42.8 Å². The first kappa shape index (κ1) is 18.8. The van der Waals surface area contributed by atoms with Crippen molar-refractivity contribution in [3.05, 3.63) is 62.6 Å². The summed E-state index contributed by atoms with van der Waals surface area (Å²) in [5, 5.41) is 6.48. The zero-order valence-electron chi connectivity index (χ0n) is 14.4. The molecular formula is C19H16Cl3N3O. The van der Waals surface area contributed by atoms with Crippen LogP contribution in [0.2, 0.25) is 15.1 Å². The van der Waals surface area contributed by atoms with Crippen molar-refractivity contribution in [1.29, 1.82) is 0 Å². The van der Waals surface area contributed by atoms with Gasteiger partial charge in [0, 0.05) is 24.8 Å². The van der Waals surface area contributed by atoms with Crippen LogP contribution in [-0.4, -0.2) is 25.7 Å². The number of amides is 1. The van der Waals surface area contributed by atoms with E-state index in [1.54, 1.807) is 13.0 Å². The number of hydrogen-bond donors (Lipinski definition) is 0. The molecule has 1 aliphatic rings. The van der Waals surface area contributed by atoms with Gasteiger partial charge in [-0.15, -0.1) is 0 Å². The van der Waals surface area contributed by atoms with Crippen LogP contribution in [0.4, 0.5) is 11.4 Å². The molecule has 2 aromatic rings.